The van der Waals surface area contributed by atoms with Crippen LogP contribution >= 0.6 is 0 Å². The minimum atomic E-state index is -0.0935. The number of carbonyl (C=O) groups is 1. The van der Waals surface area contributed by atoms with Gasteiger partial charge < -0.3 is 4.74 Å². The average molecular weight is 275 g/mol. The number of hydrogen-bond donors (Lipinski definition) is 0. The van der Waals surface area contributed by atoms with E-state index in [4.69, 9.17) is 4.74 Å². The van der Waals surface area contributed by atoms with E-state index in [0.717, 1.165) is 19.5 Å². The van der Waals surface area contributed by atoms with Gasteiger partial charge in [0.1, 0.15) is 0 Å². The molecule has 1 aliphatic heterocycles. The van der Waals surface area contributed by atoms with Crippen LogP contribution in [-0.4, -0.2) is 30.6 Å². The Hall–Kier alpha value is -1.35. The standard InChI is InChI=1S/C17H25NO2/c1-3-14-7-9-15(10-8-14)16(13-17(19)20-4-2)18-11-5-6-12-18/h7-10,16H,3-6,11-13H2,1-2H3. The van der Waals surface area contributed by atoms with Crippen molar-refractivity contribution in [1.29, 1.82) is 0 Å². The Morgan fingerprint density at radius 1 is 1.20 bits per heavy atom. The molecule has 0 aliphatic carbocycles. The molecule has 1 fully saturated rings. The Morgan fingerprint density at radius 2 is 1.85 bits per heavy atom. The van der Waals surface area contributed by atoms with E-state index in [-0.39, 0.29) is 12.0 Å². The zero-order valence-corrected chi connectivity index (χ0v) is 12.6. The summed E-state index contributed by atoms with van der Waals surface area (Å²) in [5.41, 5.74) is 2.57. The highest BCUT2D eigenvalue weighted by molar-refractivity contribution is 5.70. The maximum Gasteiger partial charge on any atom is 0.307 e. The molecule has 0 N–H and O–H groups in total. The molecule has 1 unspecified atom stereocenters. The van der Waals surface area contributed by atoms with Crippen LogP contribution in [-0.2, 0) is 16.0 Å². The summed E-state index contributed by atoms with van der Waals surface area (Å²) in [4.78, 5) is 14.3. The molecule has 1 aliphatic rings. The number of aryl methyl sites for hydroxylation is 1. The van der Waals surface area contributed by atoms with Gasteiger partial charge in [-0.15, -0.1) is 0 Å². The molecule has 0 amide bonds. The third-order valence-electron chi connectivity index (χ3n) is 4.02. The van der Waals surface area contributed by atoms with Crippen molar-refractivity contribution in [3.05, 3.63) is 35.4 Å². The number of esters is 1. The van der Waals surface area contributed by atoms with Crippen LogP contribution in [0.2, 0.25) is 0 Å². The second-order valence-electron chi connectivity index (χ2n) is 5.36. The summed E-state index contributed by atoms with van der Waals surface area (Å²) in [6.45, 7) is 6.64. The molecular weight excluding hydrogens is 250 g/mol. The summed E-state index contributed by atoms with van der Waals surface area (Å²) in [5.74, 6) is -0.0935. The average Bonchev–Trinajstić information content (AvgIpc) is 2.99. The topological polar surface area (TPSA) is 29.5 Å². The summed E-state index contributed by atoms with van der Waals surface area (Å²) in [6, 6.07) is 8.84. The molecule has 0 aromatic heterocycles. The molecule has 2 rings (SSSR count). The molecule has 3 heteroatoms. The fraction of sp³-hybridized carbons (Fsp3) is 0.588. The molecule has 1 atom stereocenters. The van der Waals surface area contributed by atoms with Crippen LogP contribution in [0.5, 0.6) is 0 Å². The fourth-order valence-corrected chi connectivity index (χ4v) is 2.86. The molecule has 0 radical (unpaired) electrons. The smallest absolute Gasteiger partial charge is 0.307 e. The van der Waals surface area contributed by atoms with E-state index >= 15 is 0 Å². The van der Waals surface area contributed by atoms with Gasteiger partial charge >= 0.3 is 5.97 Å². The molecule has 0 bridgehead atoms. The maximum absolute atomic E-state index is 11.9. The Kier molecular flexibility index (Phi) is 5.60. The zero-order chi connectivity index (χ0) is 14.4. The monoisotopic (exact) mass is 275 g/mol. The quantitative estimate of drug-likeness (QED) is 0.746. The Morgan fingerprint density at radius 3 is 2.40 bits per heavy atom. The number of likely N-dealkylation sites (tertiary alicyclic amines) is 1. The first-order valence-electron chi connectivity index (χ1n) is 7.73. The highest BCUT2D eigenvalue weighted by Gasteiger charge is 2.26. The first-order valence-corrected chi connectivity index (χ1v) is 7.73. The number of hydrogen-bond acceptors (Lipinski definition) is 3. The van der Waals surface area contributed by atoms with Crippen molar-refractivity contribution >= 4 is 5.97 Å². The van der Waals surface area contributed by atoms with Crippen LogP contribution in [0.4, 0.5) is 0 Å². The summed E-state index contributed by atoms with van der Waals surface area (Å²) in [5, 5.41) is 0. The summed E-state index contributed by atoms with van der Waals surface area (Å²) >= 11 is 0. The molecule has 1 saturated heterocycles. The predicted octanol–water partition coefficient (Wildman–Crippen LogP) is 3.34. The number of nitrogens with zero attached hydrogens (tertiary/aromatic N) is 1. The van der Waals surface area contributed by atoms with Crippen molar-refractivity contribution in [2.45, 2.75) is 45.6 Å². The molecule has 1 heterocycles. The van der Waals surface area contributed by atoms with Crippen molar-refractivity contribution < 1.29 is 9.53 Å². The first kappa shape index (κ1) is 15.0. The van der Waals surface area contributed by atoms with Crippen LogP contribution in [0.15, 0.2) is 24.3 Å². The highest BCUT2D eigenvalue weighted by Crippen LogP contribution is 2.28. The van der Waals surface area contributed by atoms with Gasteiger partial charge in [-0.3, -0.25) is 9.69 Å². The summed E-state index contributed by atoms with van der Waals surface area (Å²) < 4.78 is 5.13. The zero-order valence-electron chi connectivity index (χ0n) is 12.6. The van der Waals surface area contributed by atoms with E-state index in [9.17, 15) is 4.79 Å². The normalized spacial score (nSPS) is 17.1. The van der Waals surface area contributed by atoms with Gasteiger partial charge in [-0.25, -0.2) is 0 Å². The van der Waals surface area contributed by atoms with Crippen LogP contribution in [0.1, 0.15) is 50.3 Å². The van der Waals surface area contributed by atoms with E-state index in [0.29, 0.717) is 13.0 Å². The molecule has 1 aromatic carbocycles. The molecular formula is C17H25NO2. The van der Waals surface area contributed by atoms with E-state index in [1.54, 1.807) is 0 Å². The number of rotatable bonds is 6. The highest BCUT2D eigenvalue weighted by atomic mass is 16.5. The van der Waals surface area contributed by atoms with Gasteiger partial charge in [-0.05, 0) is 50.4 Å². The lowest BCUT2D eigenvalue weighted by molar-refractivity contribution is -0.144. The van der Waals surface area contributed by atoms with Gasteiger partial charge in [0.2, 0.25) is 0 Å². The molecule has 110 valence electrons. The van der Waals surface area contributed by atoms with Crippen molar-refractivity contribution in [2.24, 2.45) is 0 Å². The number of benzene rings is 1. The predicted molar refractivity (Wildman–Crippen MR) is 80.6 cm³/mol. The van der Waals surface area contributed by atoms with Gasteiger partial charge in [0, 0.05) is 6.04 Å². The van der Waals surface area contributed by atoms with E-state index < -0.39 is 0 Å². The van der Waals surface area contributed by atoms with Crippen molar-refractivity contribution in [2.75, 3.05) is 19.7 Å². The van der Waals surface area contributed by atoms with E-state index in [1.807, 2.05) is 6.92 Å². The Balaban J connectivity index is 2.13. The molecule has 20 heavy (non-hydrogen) atoms. The number of carbonyl (C=O) groups excluding carboxylic acids is 1. The molecule has 1 aromatic rings. The molecule has 0 saturated carbocycles. The first-order chi connectivity index (χ1) is 9.74. The van der Waals surface area contributed by atoms with Crippen LogP contribution in [0, 0.1) is 0 Å². The van der Waals surface area contributed by atoms with Crippen molar-refractivity contribution in [3.8, 4) is 0 Å². The van der Waals surface area contributed by atoms with E-state index in [1.165, 1.54) is 24.0 Å². The second-order valence-corrected chi connectivity index (χ2v) is 5.36. The maximum atomic E-state index is 11.9. The Bertz CT molecular complexity index is 421. The minimum Gasteiger partial charge on any atom is -0.466 e. The van der Waals surface area contributed by atoms with Crippen molar-refractivity contribution in [1.82, 2.24) is 4.90 Å². The van der Waals surface area contributed by atoms with Crippen LogP contribution in [0.25, 0.3) is 0 Å². The van der Waals surface area contributed by atoms with Crippen molar-refractivity contribution in [3.63, 3.8) is 0 Å². The number of ether oxygens (including phenoxy) is 1. The third-order valence-corrected chi connectivity index (χ3v) is 4.02. The summed E-state index contributed by atoms with van der Waals surface area (Å²) in [7, 11) is 0. The molecule has 0 spiro atoms. The van der Waals surface area contributed by atoms with E-state index in [2.05, 4.69) is 36.1 Å². The SMILES string of the molecule is CCOC(=O)CC(c1ccc(CC)cc1)N1CCCC1. The largest absolute Gasteiger partial charge is 0.466 e. The molecule has 3 nitrogen and oxygen atoms in total. The minimum absolute atomic E-state index is 0.0935. The lowest BCUT2D eigenvalue weighted by Crippen LogP contribution is -2.28. The lowest BCUT2D eigenvalue weighted by Gasteiger charge is -2.27. The van der Waals surface area contributed by atoms with Gasteiger partial charge in [0.15, 0.2) is 0 Å². The summed E-state index contributed by atoms with van der Waals surface area (Å²) in [6.07, 6.45) is 3.96. The lowest BCUT2D eigenvalue weighted by atomic mass is 10.00. The second kappa shape index (κ2) is 7.44. The third kappa shape index (κ3) is 3.83. The van der Waals surface area contributed by atoms with Gasteiger partial charge in [-0.2, -0.15) is 0 Å². The fourth-order valence-electron chi connectivity index (χ4n) is 2.86. The van der Waals surface area contributed by atoms with Gasteiger partial charge in [0.05, 0.1) is 13.0 Å². The van der Waals surface area contributed by atoms with Gasteiger partial charge in [-0.1, -0.05) is 31.2 Å². The Labute approximate surface area is 121 Å². The van der Waals surface area contributed by atoms with Crippen LogP contribution < -0.4 is 0 Å². The van der Waals surface area contributed by atoms with Crippen LogP contribution in [0.3, 0.4) is 0 Å². The van der Waals surface area contributed by atoms with Gasteiger partial charge in [0.25, 0.3) is 0 Å².